The average Bonchev–Trinajstić information content (AvgIpc) is 2.80. The maximum atomic E-state index is 12.6. The lowest BCUT2D eigenvalue weighted by Gasteiger charge is -2.23. The van der Waals surface area contributed by atoms with Gasteiger partial charge in [-0.1, -0.05) is 30.9 Å². The Bertz CT molecular complexity index is 609. The van der Waals surface area contributed by atoms with Gasteiger partial charge in [-0.25, -0.2) is 12.7 Å². The molecule has 6 heteroatoms. The van der Waals surface area contributed by atoms with Crippen molar-refractivity contribution >= 4 is 22.0 Å². The molecule has 102 valence electrons. The molecule has 1 aromatic rings. The van der Waals surface area contributed by atoms with Gasteiger partial charge < -0.3 is 4.74 Å². The molecule has 1 aliphatic rings. The summed E-state index contributed by atoms with van der Waals surface area (Å²) in [6.07, 6.45) is 1.28. The van der Waals surface area contributed by atoms with Crippen LogP contribution in [0.2, 0.25) is 0 Å². The van der Waals surface area contributed by atoms with Gasteiger partial charge in [-0.2, -0.15) is 0 Å². The van der Waals surface area contributed by atoms with Crippen molar-refractivity contribution in [2.45, 2.75) is 24.0 Å². The summed E-state index contributed by atoms with van der Waals surface area (Å²) < 4.78 is 31.0. The monoisotopic (exact) mass is 281 g/mol. The third-order valence-electron chi connectivity index (χ3n) is 3.06. The summed E-state index contributed by atoms with van der Waals surface area (Å²) in [7, 11) is -2.51. The van der Waals surface area contributed by atoms with Crippen molar-refractivity contribution in [1.82, 2.24) is 4.31 Å². The lowest BCUT2D eigenvalue weighted by molar-refractivity contribution is -0.127. The predicted molar refractivity (Wildman–Crippen MR) is 70.6 cm³/mol. The quantitative estimate of drug-likeness (QED) is 0.841. The lowest BCUT2D eigenvalue weighted by atomic mass is 10.2. The summed E-state index contributed by atoms with van der Waals surface area (Å²) in [4.78, 5) is 11.9. The molecule has 5 nitrogen and oxygen atoms in total. The molecule has 0 saturated carbocycles. The molecule has 1 unspecified atom stereocenters. The second-order valence-corrected chi connectivity index (χ2v) is 5.95. The average molecular weight is 281 g/mol. The van der Waals surface area contributed by atoms with E-state index in [0.717, 1.165) is 4.31 Å². The minimum Gasteiger partial charge on any atom is -0.360 e. The number of carbonyl (C=O) groups is 1. The molecule has 2 rings (SSSR count). The molecule has 1 aromatic carbocycles. The van der Waals surface area contributed by atoms with Crippen LogP contribution in [0.5, 0.6) is 0 Å². The topological polar surface area (TPSA) is 63.7 Å². The van der Waals surface area contributed by atoms with Crippen LogP contribution in [0.4, 0.5) is 0 Å². The Hall–Kier alpha value is -1.66. The fourth-order valence-electron chi connectivity index (χ4n) is 2.13. The first-order valence-corrected chi connectivity index (χ1v) is 7.28. The van der Waals surface area contributed by atoms with Gasteiger partial charge in [0.15, 0.2) is 0 Å². The van der Waals surface area contributed by atoms with Crippen LogP contribution < -0.4 is 0 Å². The normalized spacial score (nSPS) is 19.7. The molecule has 1 fully saturated rings. The Kier molecular flexibility index (Phi) is 3.73. The van der Waals surface area contributed by atoms with Crippen molar-refractivity contribution in [2.75, 3.05) is 7.11 Å². The Morgan fingerprint density at radius 2 is 2.11 bits per heavy atom. The number of rotatable bonds is 4. The predicted octanol–water partition coefficient (Wildman–Crippen LogP) is 1.61. The van der Waals surface area contributed by atoms with Gasteiger partial charge in [0.05, 0.1) is 4.90 Å². The number of hydrogen-bond acceptors (Lipinski definition) is 4. The molecule has 1 saturated heterocycles. The van der Waals surface area contributed by atoms with Gasteiger partial charge in [0.1, 0.15) is 6.23 Å². The van der Waals surface area contributed by atoms with Crippen LogP contribution in [0.1, 0.15) is 18.4 Å². The van der Waals surface area contributed by atoms with E-state index in [1.807, 2.05) is 0 Å². The van der Waals surface area contributed by atoms with Gasteiger partial charge in [0.2, 0.25) is 5.91 Å². The summed E-state index contributed by atoms with van der Waals surface area (Å²) in [5.74, 6) is -0.439. The Morgan fingerprint density at radius 1 is 1.42 bits per heavy atom. The van der Waals surface area contributed by atoms with Gasteiger partial charge in [-0.05, 0) is 11.6 Å². The van der Waals surface area contributed by atoms with E-state index in [2.05, 4.69) is 6.58 Å². The van der Waals surface area contributed by atoms with Crippen molar-refractivity contribution < 1.29 is 17.9 Å². The first-order chi connectivity index (χ1) is 9.02. The number of carbonyl (C=O) groups excluding carboxylic acids is 1. The minimum absolute atomic E-state index is 0.0716. The fourth-order valence-corrected chi connectivity index (χ4v) is 3.90. The minimum atomic E-state index is -3.90. The molecule has 1 aliphatic heterocycles. The highest BCUT2D eigenvalue weighted by Gasteiger charge is 2.41. The molecule has 1 heterocycles. The summed E-state index contributed by atoms with van der Waals surface area (Å²) in [6, 6.07) is 6.44. The van der Waals surface area contributed by atoms with Crippen LogP contribution in [0, 0.1) is 0 Å². The highest BCUT2D eigenvalue weighted by molar-refractivity contribution is 7.89. The Morgan fingerprint density at radius 3 is 2.74 bits per heavy atom. The van der Waals surface area contributed by atoms with Crippen molar-refractivity contribution in [3.8, 4) is 0 Å². The van der Waals surface area contributed by atoms with E-state index in [0.29, 0.717) is 12.0 Å². The summed E-state index contributed by atoms with van der Waals surface area (Å²) in [5.41, 5.74) is 0.469. The standard InChI is InChI=1S/C13H15NO4S/c1-3-10-6-4-5-7-11(10)19(16,17)14-12(15)8-9-13(14)18-2/h3-7,13H,1,8-9H2,2H3. The second-order valence-electron chi connectivity index (χ2n) is 4.17. The number of nitrogens with zero attached hydrogens (tertiary/aromatic N) is 1. The zero-order valence-electron chi connectivity index (χ0n) is 10.6. The third kappa shape index (κ3) is 2.29. The summed E-state index contributed by atoms with van der Waals surface area (Å²) >= 11 is 0. The van der Waals surface area contributed by atoms with E-state index < -0.39 is 22.2 Å². The van der Waals surface area contributed by atoms with Crippen molar-refractivity contribution in [3.05, 3.63) is 36.4 Å². The molecular weight excluding hydrogens is 266 g/mol. The van der Waals surface area contributed by atoms with Gasteiger partial charge >= 0.3 is 0 Å². The number of sulfonamides is 1. The van der Waals surface area contributed by atoms with E-state index >= 15 is 0 Å². The first-order valence-electron chi connectivity index (χ1n) is 5.84. The summed E-state index contributed by atoms with van der Waals surface area (Å²) in [6.45, 7) is 3.59. The first kappa shape index (κ1) is 13.8. The zero-order valence-corrected chi connectivity index (χ0v) is 11.4. The van der Waals surface area contributed by atoms with Crippen LogP contribution >= 0.6 is 0 Å². The summed E-state index contributed by atoms with van der Waals surface area (Å²) in [5, 5.41) is 0. The van der Waals surface area contributed by atoms with E-state index in [-0.39, 0.29) is 11.3 Å². The molecular formula is C13H15NO4S. The molecule has 0 N–H and O–H groups in total. The second kappa shape index (κ2) is 5.14. The number of benzene rings is 1. The number of hydrogen-bond donors (Lipinski definition) is 0. The zero-order chi connectivity index (χ0) is 14.0. The van der Waals surface area contributed by atoms with E-state index in [1.54, 1.807) is 18.2 Å². The van der Waals surface area contributed by atoms with Crippen LogP contribution in [-0.2, 0) is 19.6 Å². The van der Waals surface area contributed by atoms with Crippen LogP contribution in [0.25, 0.3) is 6.08 Å². The number of ether oxygens (including phenoxy) is 1. The largest absolute Gasteiger partial charge is 0.360 e. The molecule has 0 bridgehead atoms. The van der Waals surface area contributed by atoms with Gasteiger partial charge in [-0.3, -0.25) is 4.79 Å². The lowest BCUT2D eigenvalue weighted by Crippen LogP contribution is -2.39. The Labute approximate surface area is 112 Å². The number of amides is 1. The fraction of sp³-hybridized carbons (Fsp3) is 0.308. The van der Waals surface area contributed by atoms with E-state index in [4.69, 9.17) is 4.74 Å². The van der Waals surface area contributed by atoms with Crippen LogP contribution in [0.15, 0.2) is 35.7 Å². The van der Waals surface area contributed by atoms with Crippen LogP contribution in [0.3, 0.4) is 0 Å². The van der Waals surface area contributed by atoms with Crippen molar-refractivity contribution in [3.63, 3.8) is 0 Å². The molecule has 0 radical (unpaired) electrons. The van der Waals surface area contributed by atoms with Gasteiger partial charge in [0.25, 0.3) is 10.0 Å². The molecule has 0 aliphatic carbocycles. The molecule has 1 amide bonds. The van der Waals surface area contributed by atoms with Crippen molar-refractivity contribution in [1.29, 1.82) is 0 Å². The maximum absolute atomic E-state index is 12.6. The highest BCUT2D eigenvalue weighted by Crippen LogP contribution is 2.29. The van der Waals surface area contributed by atoms with Crippen molar-refractivity contribution in [2.24, 2.45) is 0 Å². The van der Waals surface area contributed by atoms with Crippen LogP contribution in [-0.4, -0.2) is 32.0 Å². The molecule has 0 spiro atoms. The SMILES string of the molecule is C=Cc1ccccc1S(=O)(=O)N1C(=O)CCC1OC. The third-order valence-corrected chi connectivity index (χ3v) is 4.94. The maximum Gasteiger partial charge on any atom is 0.269 e. The van der Waals surface area contributed by atoms with E-state index in [1.165, 1.54) is 19.3 Å². The number of methoxy groups -OCH3 is 1. The van der Waals surface area contributed by atoms with E-state index in [9.17, 15) is 13.2 Å². The molecule has 19 heavy (non-hydrogen) atoms. The van der Waals surface area contributed by atoms with Gasteiger partial charge in [0, 0.05) is 20.0 Å². The highest BCUT2D eigenvalue weighted by atomic mass is 32.2. The van der Waals surface area contributed by atoms with Gasteiger partial charge in [-0.15, -0.1) is 0 Å². The Balaban J connectivity index is 2.53. The smallest absolute Gasteiger partial charge is 0.269 e. The molecule has 1 atom stereocenters. The molecule has 0 aromatic heterocycles.